The zero-order chi connectivity index (χ0) is 16.1. The largest absolute Gasteiger partial charge is 0.340 e. The van der Waals surface area contributed by atoms with Gasteiger partial charge in [0.15, 0.2) is 0 Å². The molecule has 2 amide bonds. The Kier molecular flexibility index (Phi) is 5.33. The number of halogens is 1. The highest BCUT2D eigenvalue weighted by Gasteiger charge is 2.18. The quantitative estimate of drug-likeness (QED) is 0.876. The molecule has 114 valence electrons. The highest BCUT2D eigenvalue weighted by Crippen LogP contribution is 2.16. The predicted octanol–water partition coefficient (Wildman–Crippen LogP) is 3.51. The number of hydrogen-bond donors (Lipinski definition) is 2. The van der Waals surface area contributed by atoms with Crippen molar-refractivity contribution in [2.45, 2.75) is 19.9 Å². The van der Waals surface area contributed by atoms with E-state index in [0.717, 1.165) is 11.3 Å². The molecule has 0 fully saturated rings. The lowest BCUT2D eigenvalue weighted by Crippen LogP contribution is -2.41. The number of hydrogen-bond acceptors (Lipinski definition) is 2. The topological polar surface area (TPSA) is 58.2 Å². The number of para-hydroxylation sites is 1. The number of rotatable bonds is 4. The van der Waals surface area contributed by atoms with Crippen LogP contribution in [0.1, 0.15) is 22.8 Å². The van der Waals surface area contributed by atoms with Crippen molar-refractivity contribution in [2.24, 2.45) is 0 Å². The Morgan fingerprint density at radius 2 is 1.68 bits per heavy atom. The fraction of sp³-hybridized carbons (Fsp3) is 0.176. The van der Waals surface area contributed by atoms with Crippen LogP contribution in [-0.2, 0) is 4.79 Å². The molecule has 2 aromatic rings. The summed E-state index contributed by atoms with van der Waals surface area (Å²) in [5, 5.41) is 5.51. The minimum atomic E-state index is -0.640. The molecule has 22 heavy (non-hydrogen) atoms. The molecular formula is C17H17BrN2O2. The highest BCUT2D eigenvalue weighted by atomic mass is 79.9. The molecule has 1 unspecified atom stereocenters. The van der Waals surface area contributed by atoms with Crippen molar-refractivity contribution in [1.82, 2.24) is 5.32 Å². The van der Waals surface area contributed by atoms with Crippen LogP contribution in [0.4, 0.5) is 5.69 Å². The number of amides is 2. The van der Waals surface area contributed by atoms with E-state index in [2.05, 4.69) is 26.6 Å². The molecule has 5 heteroatoms. The molecule has 0 bridgehead atoms. The maximum atomic E-state index is 12.2. The Labute approximate surface area is 138 Å². The first-order valence-electron chi connectivity index (χ1n) is 6.91. The lowest BCUT2D eigenvalue weighted by atomic mass is 10.1. The zero-order valence-corrected chi connectivity index (χ0v) is 14.0. The molecular weight excluding hydrogens is 344 g/mol. The SMILES string of the molecule is Cc1ccccc1NC(=O)C(C)NC(=O)c1ccccc1Br. The van der Waals surface area contributed by atoms with Gasteiger partial charge in [0.05, 0.1) is 5.56 Å². The van der Waals surface area contributed by atoms with Crippen LogP contribution in [0.15, 0.2) is 53.0 Å². The van der Waals surface area contributed by atoms with Crippen molar-refractivity contribution in [3.05, 3.63) is 64.1 Å². The minimum Gasteiger partial charge on any atom is -0.340 e. The molecule has 2 N–H and O–H groups in total. The number of anilines is 1. The summed E-state index contributed by atoms with van der Waals surface area (Å²) in [5.74, 6) is -0.547. The molecule has 0 aliphatic heterocycles. The Hall–Kier alpha value is -2.14. The highest BCUT2D eigenvalue weighted by molar-refractivity contribution is 9.10. The van der Waals surface area contributed by atoms with Gasteiger partial charge in [-0.05, 0) is 53.5 Å². The summed E-state index contributed by atoms with van der Waals surface area (Å²) in [6, 6.07) is 14.0. The summed E-state index contributed by atoms with van der Waals surface area (Å²) >= 11 is 3.33. The fourth-order valence-electron chi connectivity index (χ4n) is 1.94. The average Bonchev–Trinajstić information content (AvgIpc) is 2.49. The summed E-state index contributed by atoms with van der Waals surface area (Å²) in [6.07, 6.45) is 0. The monoisotopic (exact) mass is 360 g/mol. The van der Waals surface area contributed by atoms with E-state index in [4.69, 9.17) is 0 Å². The number of carbonyl (C=O) groups excluding carboxylic acids is 2. The Balaban J connectivity index is 2.01. The number of benzene rings is 2. The first-order valence-corrected chi connectivity index (χ1v) is 7.70. The molecule has 0 aromatic heterocycles. The van der Waals surface area contributed by atoms with E-state index in [1.807, 2.05) is 37.3 Å². The molecule has 0 heterocycles. The molecule has 2 rings (SSSR count). The van der Waals surface area contributed by atoms with Gasteiger partial charge in [-0.1, -0.05) is 30.3 Å². The van der Waals surface area contributed by atoms with Crippen molar-refractivity contribution in [1.29, 1.82) is 0 Å². The summed E-state index contributed by atoms with van der Waals surface area (Å²) in [6.45, 7) is 3.57. The normalized spacial score (nSPS) is 11.6. The number of aryl methyl sites for hydroxylation is 1. The van der Waals surface area contributed by atoms with Crippen LogP contribution < -0.4 is 10.6 Å². The fourth-order valence-corrected chi connectivity index (χ4v) is 2.40. The van der Waals surface area contributed by atoms with Crippen LogP contribution in [0.3, 0.4) is 0 Å². The second-order valence-corrected chi connectivity index (χ2v) is 5.83. The lowest BCUT2D eigenvalue weighted by molar-refractivity contribution is -0.117. The molecule has 0 aliphatic carbocycles. The second kappa shape index (κ2) is 7.22. The zero-order valence-electron chi connectivity index (χ0n) is 12.4. The Morgan fingerprint density at radius 1 is 1.05 bits per heavy atom. The molecule has 0 saturated carbocycles. The summed E-state index contributed by atoms with van der Waals surface area (Å²) in [4.78, 5) is 24.4. The first kappa shape index (κ1) is 16.2. The van der Waals surface area contributed by atoms with Crippen LogP contribution in [0, 0.1) is 6.92 Å². The number of nitrogens with one attached hydrogen (secondary N) is 2. The van der Waals surface area contributed by atoms with E-state index < -0.39 is 6.04 Å². The molecule has 0 aliphatic rings. The summed E-state index contributed by atoms with van der Waals surface area (Å²) in [7, 11) is 0. The van der Waals surface area contributed by atoms with Gasteiger partial charge in [0.25, 0.3) is 5.91 Å². The third kappa shape index (κ3) is 3.95. The maximum absolute atomic E-state index is 12.2. The lowest BCUT2D eigenvalue weighted by Gasteiger charge is -2.15. The molecule has 0 radical (unpaired) electrons. The maximum Gasteiger partial charge on any atom is 0.253 e. The third-order valence-electron chi connectivity index (χ3n) is 3.26. The van der Waals surface area contributed by atoms with E-state index in [1.54, 1.807) is 25.1 Å². The van der Waals surface area contributed by atoms with Gasteiger partial charge in [0, 0.05) is 10.2 Å². The van der Waals surface area contributed by atoms with E-state index in [9.17, 15) is 9.59 Å². The Morgan fingerprint density at radius 3 is 2.36 bits per heavy atom. The molecule has 0 saturated heterocycles. The van der Waals surface area contributed by atoms with E-state index in [1.165, 1.54) is 0 Å². The first-order chi connectivity index (χ1) is 10.5. The van der Waals surface area contributed by atoms with Crippen molar-refractivity contribution in [3.8, 4) is 0 Å². The van der Waals surface area contributed by atoms with Crippen LogP contribution >= 0.6 is 15.9 Å². The molecule has 4 nitrogen and oxygen atoms in total. The smallest absolute Gasteiger partial charge is 0.253 e. The van der Waals surface area contributed by atoms with Crippen molar-refractivity contribution >= 4 is 33.4 Å². The van der Waals surface area contributed by atoms with Crippen LogP contribution in [0.5, 0.6) is 0 Å². The van der Waals surface area contributed by atoms with Crippen molar-refractivity contribution < 1.29 is 9.59 Å². The van der Waals surface area contributed by atoms with Crippen LogP contribution in [0.25, 0.3) is 0 Å². The van der Waals surface area contributed by atoms with Crippen LogP contribution in [-0.4, -0.2) is 17.9 Å². The van der Waals surface area contributed by atoms with Gasteiger partial charge in [-0.3, -0.25) is 9.59 Å². The minimum absolute atomic E-state index is 0.255. The van der Waals surface area contributed by atoms with Gasteiger partial charge in [-0.25, -0.2) is 0 Å². The Bertz CT molecular complexity index is 701. The van der Waals surface area contributed by atoms with Gasteiger partial charge >= 0.3 is 0 Å². The van der Waals surface area contributed by atoms with Gasteiger partial charge < -0.3 is 10.6 Å². The van der Waals surface area contributed by atoms with E-state index in [0.29, 0.717) is 10.0 Å². The van der Waals surface area contributed by atoms with Gasteiger partial charge in [0.1, 0.15) is 6.04 Å². The van der Waals surface area contributed by atoms with Gasteiger partial charge in [-0.2, -0.15) is 0 Å². The average molecular weight is 361 g/mol. The third-order valence-corrected chi connectivity index (χ3v) is 3.95. The predicted molar refractivity (Wildman–Crippen MR) is 90.9 cm³/mol. The van der Waals surface area contributed by atoms with Crippen molar-refractivity contribution in [3.63, 3.8) is 0 Å². The molecule has 0 spiro atoms. The van der Waals surface area contributed by atoms with E-state index in [-0.39, 0.29) is 11.8 Å². The van der Waals surface area contributed by atoms with Gasteiger partial charge in [0.2, 0.25) is 5.91 Å². The summed E-state index contributed by atoms with van der Waals surface area (Å²) < 4.78 is 0.694. The number of carbonyl (C=O) groups is 2. The standard InChI is InChI=1S/C17H17BrN2O2/c1-11-7-3-6-10-15(11)20-16(21)12(2)19-17(22)13-8-4-5-9-14(13)18/h3-10,12H,1-2H3,(H,19,22)(H,20,21). The summed E-state index contributed by atoms with van der Waals surface area (Å²) in [5.41, 5.74) is 2.22. The van der Waals surface area contributed by atoms with Crippen molar-refractivity contribution in [2.75, 3.05) is 5.32 Å². The van der Waals surface area contributed by atoms with Crippen LogP contribution in [0.2, 0.25) is 0 Å². The second-order valence-electron chi connectivity index (χ2n) is 4.98. The van der Waals surface area contributed by atoms with Gasteiger partial charge in [-0.15, -0.1) is 0 Å². The van der Waals surface area contributed by atoms with E-state index >= 15 is 0 Å². The molecule has 1 atom stereocenters. The molecule has 2 aromatic carbocycles.